The van der Waals surface area contributed by atoms with Crippen LogP contribution >= 0.6 is 0 Å². The third kappa shape index (κ3) is 5.72. The molecule has 2 aromatic carbocycles. The number of alkyl halides is 1. The van der Waals surface area contributed by atoms with Gasteiger partial charge in [-0.25, -0.2) is 4.39 Å². The second kappa shape index (κ2) is 10.9. The second-order valence-electron chi connectivity index (χ2n) is 7.38. The van der Waals surface area contributed by atoms with Gasteiger partial charge in [0, 0.05) is 38.4 Å². The smallest absolute Gasteiger partial charge is 0.221 e. The van der Waals surface area contributed by atoms with E-state index < -0.39 is 18.6 Å². The number of rotatable bonds is 13. The van der Waals surface area contributed by atoms with Gasteiger partial charge in [-0.15, -0.1) is 0 Å². The number of methoxy groups -OCH3 is 2. The maximum Gasteiger partial charge on any atom is 0.221 e. The lowest BCUT2D eigenvalue weighted by molar-refractivity contribution is -0.183. The van der Waals surface area contributed by atoms with Crippen molar-refractivity contribution in [2.24, 2.45) is 0 Å². The summed E-state index contributed by atoms with van der Waals surface area (Å²) in [6.07, 6.45) is -1.15. The summed E-state index contributed by atoms with van der Waals surface area (Å²) in [4.78, 5) is 2.15. The van der Waals surface area contributed by atoms with Crippen molar-refractivity contribution in [1.29, 1.82) is 0 Å². The number of halogens is 1. The summed E-state index contributed by atoms with van der Waals surface area (Å²) in [5, 5.41) is 18.8. The molecule has 2 unspecified atom stereocenters. The van der Waals surface area contributed by atoms with Crippen LogP contribution in [-0.2, 0) is 15.3 Å². The van der Waals surface area contributed by atoms with Crippen LogP contribution in [-0.4, -0.2) is 81.1 Å². The monoisotopic (exact) mass is 435 g/mol. The summed E-state index contributed by atoms with van der Waals surface area (Å²) < 4.78 is 35.1. The van der Waals surface area contributed by atoms with Gasteiger partial charge in [-0.2, -0.15) is 0 Å². The van der Waals surface area contributed by atoms with Gasteiger partial charge in [-0.05, 0) is 48.5 Å². The summed E-state index contributed by atoms with van der Waals surface area (Å²) in [5.74, 6) is 0.0642. The number of hydrogen-bond acceptors (Lipinski definition) is 7. The van der Waals surface area contributed by atoms with Gasteiger partial charge in [0.1, 0.15) is 37.5 Å². The summed E-state index contributed by atoms with van der Waals surface area (Å²) in [6.45, 7) is 1.52. The highest BCUT2D eigenvalue weighted by molar-refractivity contribution is 5.39. The van der Waals surface area contributed by atoms with Gasteiger partial charge in [-0.3, -0.25) is 4.90 Å². The van der Waals surface area contributed by atoms with Crippen molar-refractivity contribution in [2.75, 3.05) is 53.8 Å². The molecule has 31 heavy (non-hydrogen) atoms. The highest BCUT2D eigenvalue weighted by atomic mass is 19.1. The Morgan fingerprint density at radius 3 is 1.77 bits per heavy atom. The maximum absolute atomic E-state index is 12.4. The van der Waals surface area contributed by atoms with E-state index in [-0.39, 0.29) is 19.3 Å². The number of aliphatic hydroxyl groups is 2. The summed E-state index contributed by atoms with van der Waals surface area (Å²) in [7, 11) is 3.12. The van der Waals surface area contributed by atoms with Crippen molar-refractivity contribution in [3.05, 3.63) is 59.7 Å². The average molecular weight is 435 g/mol. The Morgan fingerprint density at radius 1 is 0.903 bits per heavy atom. The van der Waals surface area contributed by atoms with Crippen LogP contribution in [0.15, 0.2) is 48.5 Å². The molecule has 0 amide bonds. The van der Waals surface area contributed by atoms with Crippen LogP contribution in [0.5, 0.6) is 11.5 Å². The molecule has 0 aliphatic carbocycles. The summed E-state index contributed by atoms with van der Waals surface area (Å²) in [6, 6.07) is 14.5. The van der Waals surface area contributed by atoms with Gasteiger partial charge in [-0.1, -0.05) is 0 Å². The Bertz CT molecular complexity index is 793. The van der Waals surface area contributed by atoms with Crippen molar-refractivity contribution in [2.45, 2.75) is 17.9 Å². The first-order valence-corrected chi connectivity index (χ1v) is 10.2. The molecular formula is C23H30FNO6. The number of ether oxygens (including phenoxy) is 4. The first-order valence-electron chi connectivity index (χ1n) is 10.2. The Morgan fingerprint density at radius 2 is 1.39 bits per heavy atom. The molecule has 170 valence electrons. The van der Waals surface area contributed by atoms with E-state index in [1.807, 2.05) is 24.3 Å². The molecule has 7 nitrogen and oxygen atoms in total. The third-order valence-electron chi connectivity index (χ3n) is 5.32. The van der Waals surface area contributed by atoms with Crippen LogP contribution in [0.3, 0.4) is 0 Å². The molecule has 1 aliphatic rings. The molecule has 1 saturated heterocycles. The molecule has 1 aliphatic heterocycles. The van der Waals surface area contributed by atoms with E-state index >= 15 is 0 Å². The minimum atomic E-state index is -1.15. The first kappa shape index (κ1) is 23.4. The normalized spacial score (nSPS) is 16.0. The van der Waals surface area contributed by atoms with Gasteiger partial charge in [0.05, 0.1) is 12.6 Å². The molecule has 1 fully saturated rings. The summed E-state index contributed by atoms with van der Waals surface area (Å²) >= 11 is 0. The van der Waals surface area contributed by atoms with Crippen LogP contribution < -0.4 is 9.47 Å². The highest BCUT2D eigenvalue weighted by Gasteiger charge is 2.35. The van der Waals surface area contributed by atoms with Crippen LogP contribution in [0, 0.1) is 0 Å². The van der Waals surface area contributed by atoms with E-state index in [4.69, 9.17) is 18.9 Å². The summed E-state index contributed by atoms with van der Waals surface area (Å²) in [5.41, 5.74) is 1.52. The molecule has 0 bridgehead atoms. The zero-order chi connectivity index (χ0) is 22.3. The van der Waals surface area contributed by atoms with Crippen molar-refractivity contribution in [3.63, 3.8) is 0 Å². The number of benzene rings is 2. The largest absolute Gasteiger partial charge is 0.492 e. The fourth-order valence-corrected chi connectivity index (χ4v) is 3.39. The van der Waals surface area contributed by atoms with E-state index in [9.17, 15) is 14.6 Å². The SMILES string of the molecule is COC(OC)(c1ccc(OCC(O)CF)cc1)c1ccc(OCC(CO)N2CC2)cc1. The molecule has 0 spiro atoms. The fraction of sp³-hybridized carbons (Fsp3) is 0.478. The Hall–Kier alpha value is -2.23. The van der Waals surface area contributed by atoms with Crippen LogP contribution in [0.1, 0.15) is 11.1 Å². The lowest BCUT2D eigenvalue weighted by Gasteiger charge is -2.32. The van der Waals surface area contributed by atoms with Crippen LogP contribution in [0.25, 0.3) is 0 Å². The quantitative estimate of drug-likeness (QED) is 0.368. The van der Waals surface area contributed by atoms with Gasteiger partial charge >= 0.3 is 0 Å². The van der Waals surface area contributed by atoms with Crippen LogP contribution in [0.2, 0.25) is 0 Å². The minimum Gasteiger partial charge on any atom is -0.492 e. The molecule has 1 heterocycles. The van der Waals surface area contributed by atoms with Gasteiger partial charge < -0.3 is 29.2 Å². The molecule has 0 radical (unpaired) electrons. The molecule has 2 N–H and O–H groups in total. The lowest BCUT2D eigenvalue weighted by Crippen LogP contribution is -2.32. The zero-order valence-corrected chi connectivity index (χ0v) is 17.9. The van der Waals surface area contributed by atoms with Crippen molar-refractivity contribution >= 4 is 0 Å². The topological polar surface area (TPSA) is 80.4 Å². The molecule has 3 rings (SSSR count). The predicted octanol–water partition coefficient (Wildman–Crippen LogP) is 1.94. The van der Waals surface area contributed by atoms with Gasteiger partial charge in [0.15, 0.2) is 0 Å². The van der Waals surface area contributed by atoms with Gasteiger partial charge in [0.25, 0.3) is 0 Å². The first-order chi connectivity index (χ1) is 15.1. The standard InChI is InChI=1S/C23H30FNO6/c1-28-23(29-2,18-5-9-22(10-6-18)31-16-20(27)13-24)17-3-7-21(8-4-17)30-15-19(14-26)25-11-12-25/h3-10,19-20,26-27H,11-16H2,1-2H3. The van der Waals surface area contributed by atoms with E-state index in [1.54, 1.807) is 38.5 Å². The zero-order valence-electron chi connectivity index (χ0n) is 17.9. The van der Waals surface area contributed by atoms with E-state index in [0.717, 1.165) is 24.2 Å². The highest BCUT2D eigenvalue weighted by Crippen LogP contribution is 2.35. The lowest BCUT2D eigenvalue weighted by atomic mass is 9.96. The fourth-order valence-electron chi connectivity index (χ4n) is 3.39. The second-order valence-corrected chi connectivity index (χ2v) is 7.38. The molecule has 0 aromatic heterocycles. The number of nitrogens with zero attached hydrogens (tertiary/aromatic N) is 1. The van der Waals surface area contributed by atoms with Crippen LogP contribution in [0.4, 0.5) is 4.39 Å². The maximum atomic E-state index is 12.4. The number of aliphatic hydroxyl groups excluding tert-OH is 2. The Labute approximate surface area is 181 Å². The molecule has 0 saturated carbocycles. The van der Waals surface area contributed by atoms with Gasteiger partial charge in [0.2, 0.25) is 5.79 Å². The predicted molar refractivity (Wildman–Crippen MR) is 113 cm³/mol. The molecule has 2 aromatic rings. The van der Waals surface area contributed by atoms with Crippen molar-refractivity contribution in [3.8, 4) is 11.5 Å². The third-order valence-corrected chi connectivity index (χ3v) is 5.32. The molecule has 8 heteroatoms. The Balaban J connectivity index is 1.70. The number of hydrogen-bond donors (Lipinski definition) is 2. The average Bonchev–Trinajstić information content (AvgIpc) is 3.66. The van der Waals surface area contributed by atoms with Crippen molar-refractivity contribution < 1.29 is 33.6 Å². The van der Waals surface area contributed by atoms with Crippen molar-refractivity contribution in [1.82, 2.24) is 4.90 Å². The molecule has 2 atom stereocenters. The molecular weight excluding hydrogens is 405 g/mol. The minimum absolute atomic E-state index is 0.0171. The van der Waals surface area contributed by atoms with E-state index in [0.29, 0.717) is 18.1 Å². The Kier molecular flexibility index (Phi) is 8.22. The van der Waals surface area contributed by atoms with E-state index in [2.05, 4.69) is 4.90 Å². The van der Waals surface area contributed by atoms with E-state index in [1.165, 1.54) is 0 Å².